The average molecular weight is 488 g/mol. The van der Waals surface area contributed by atoms with E-state index in [1.54, 1.807) is 11.3 Å². The van der Waals surface area contributed by atoms with Crippen LogP contribution in [0.5, 0.6) is 11.5 Å². The van der Waals surface area contributed by atoms with Gasteiger partial charge in [-0.15, -0.1) is 35.3 Å². The number of thiazole rings is 1. The first-order valence-electron chi connectivity index (χ1n) is 8.56. The van der Waals surface area contributed by atoms with Crippen LogP contribution in [0.1, 0.15) is 22.4 Å². The predicted octanol–water partition coefficient (Wildman–Crippen LogP) is 3.14. The van der Waals surface area contributed by atoms with Gasteiger partial charge in [-0.25, -0.2) is 4.98 Å². The molecular formula is C18H25IN4O2S. The molecule has 0 atom stereocenters. The molecular weight excluding hydrogens is 463 g/mol. The lowest BCUT2D eigenvalue weighted by Gasteiger charge is -2.11. The van der Waals surface area contributed by atoms with Crippen LogP contribution in [0.25, 0.3) is 0 Å². The quantitative estimate of drug-likeness (QED) is 0.356. The van der Waals surface area contributed by atoms with Gasteiger partial charge in [0.1, 0.15) is 0 Å². The molecule has 3 rings (SSSR count). The van der Waals surface area contributed by atoms with Gasteiger partial charge in [-0.05, 0) is 38.0 Å². The molecule has 26 heavy (non-hydrogen) atoms. The van der Waals surface area contributed by atoms with Gasteiger partial charge in [0.05, 0.1) is 5.01 Å². The molecule has 1 aliphatic heterocycles. The second-order valence-electron chi connectivity index (χ2n) is 5.74. The molecule has 2 heterocycles. The van der Waals surface area contributed by atoms with Gasteiger partial charge in [-0.3, -0.25) is 4.99 Å². The number of rotatable bonds is 7. The number of hydrogen-bond donors (Lipinski definition) is 2. The van der Waals surface area contributed by atoms with Crippen molar-refractivity contribution in [1.29, 1.82) is 0 Å². The summed E-state index contributed by atoms with van der Waals surface area (Å²) >= 11 is 1.73. The van der Waals surface area contributed by atoms with Gasteiger partial charge in [0.25, 0.3) is 0 Å². The van der Waals surface area contributed by atoms with Gasteiger partial charge >= 0.3 is 0 Å². The van der Waals surface area contributed by atoms with Crippen molar-refractivity contribution in [3.63, 3.8) is 0 Å². The summed E-state index contributed by atoms with van der Waals surface area (Å²) in [5, 5.41) is 7.79. The molecule has 6 nitrogen and oxygen atoms in total. The van der Waals surface area contributed by atoms with Gasteiger partial charge < -0.3 is 20.1 Å². The van der Waals surface area contributed by atoms with Crippen LogP contribution in [-0.2, 0) is 12.8 Å². The molecule has 0 spiro atoms. The van der Waals surface area contributed by atoms with Crippen molar-refractivity contribution < 1.29 is 9.47 Å². The highest BCUT2D eigenvalue weighted by Gasteiger charge is 2.12. The Morgan fingerprint density at radius 2 is 2.08 bits per heavy atom. The Morgan fingerprint density at radius 1 is 1.23 bits per heavy atom. The number of guanidine groups is 1. The first-order valence-corrected chi connectivity index (χ1v) is 9.38. The summed E-state index contributed by atoms with van der Waals surface area (Å²) in [5.74, 6) is 2.50. The van der Waals surface area contributed by atoms with Crippen LogP contribution in [0.4, 0.5) is 0 Å². The summed E-state index contributed by atoms with van der Waals surface area (Å²) < 4.78 is 10.8. The normalized spacial score (nSPS) is 12.6. The van der Waals surface area contributed by atoms with Gasteiger partial charge in [0.15, 0.2) is 17.5 Å². The van der Waals surface area contributed by atoms with E-state index in [9.17, 15) is 0 Å². The monoisotopic (exact) mass is 488 g/mol. The Hall–Kier alpha value is -1.55. The largest absolute Gasteiger partial charge is 0.454 e. The number of aromatic nitrogens is 1. The maximum Gasteiger partial charge on any atom is 0.231 e. The zero-order chi connectivity index (χ0) is 17.5. The highest BCUT2D eigenvalue weighted by atomic mass is 127. The van der Waals surface area contributed by atoms with E-state index in [2.05, 4.69) is 40.5 Å². The minimum Gasteiger partial charge on any atom is -0.454 e. The number of halogens is 1. The maximum absolute atomic E-state index is 5.42. The van der Waals surface area contributed by atoms with Crippen LogP contribution < -0.4 is 20.1 Å². The molecule has 0 saturated heterocycles. The van der Waals surface area contributed by atoms with Gasteiger partial charge in [-0.2, -0.15) is 0 Å². The Morgan fingerprint density at radius 3 is 2.85 bits per heavy atom. The topological polar surface area (TPSA) is 67.8 Å². The summed E-state index contributed by atoms with van der Waals surface area (Å²) in [6.07, 6.45) is 3.68. The maximum atomic E-state index is 5.42. The first-order chi connectivity index (χ1) is 12.2. The van der Waals surface area contributed by atoms with E-state index in [1.807, 2.05) is 18.3 Å². The second-order valence-corrected chi connectivity index (χ2v) is 7.06. The Labute approximate surface area is 175 Å². The fourth-order valence-corrected chi connectivity index (χ4v) is 3.32. The minimum atomic E-state index is 0. The van der Waals surface area contributed by atoms with Gasteiger partial charge in [0.2, 0.25) is 6.79 Å². The third-order valence-corrected chi connectivity index (χ3v) is 4.72. The highest BCUT2D eigenvalue weighted by molar-refractivity contribution is 14.0. The summed E-state index contributed by atoms with van der Waals surface area (Å²) in [6, 6.07) is 6.08. The lowest BCUT2D eigenvalue weighted by Crippen LogP contribution is -2.38. The molecule has 0 radical (unpaired) electrons. The zero-order valence-corrected chi connectivity index (χ0v) is 18.2. The molecule has 142 valence electrons. The molecule has 0 amide bonds. The number of aryl methyl sites for hydroxylation is 1. The van der Waals surface area contributed by atoms with Crippen LogP contribution in [0.3, 0.4) is 0 Å². The van der Waals surface area contributed by atoms with Gasteiger partial charge in [0, 0.05) is 37.1 Å². The molecule has 2 N–H and O–H groups in total. The van der Waals surface area contributed by atoms with Crippen molar-refractivity contribution in [3.05, 3.63) is 39.8 Å². The number of nitrogens with zero attached hydrogens (tertiary/aromatic N) is 2. The molecule has 1 aromatic heterocycles. The van der Waals surface area contributed by atoms with Crippen LogP contribution >= 0.6 is 35.3 Å². The molecule has 0 fully saturated rings. The SMILES string of the molecule is CCNC(=NCCc1ncc(C)s1)NCCc1ccc2c(c1)OCO2.I. The molecule has 8 heteroatoms. The van der Waals surface area contributed by atoms with Crippen LogP contribution in [0.2, 0.25) is 0 Å². The standard InChI is InChI=1S/C18H24N4O2S.HI/c1-3-19-18(21-9-7-17-22-11-13(2)25-17)20-8-6-14-4-5-15-16(10-14)24-12-23-15;/h4-5,10-11H,3,6-9,12H2,1-2H3,(H2,19,20,21);1H. The number of nitrogens with one attached hydrogen (secondary N) is 2. The highest BCUT2D eigenvalue weighted by Crippen LogP contribution is 2.32. The molecule has 0 unspecified atom stereocenters. The van der Waals surface area contributed by atoms with Crippen LogP contribution in [0.15, 0.2) is 29.4 Å². The number of ether oxygens (including phenoxy) is 2. The molecule has 1 aliphatic rings. The van der Waals surface area contributed by atoms with Crippen molar-refractivity contribution in [1.82, 2.24) is 15.6 Å². The number of hydrogen-bond acceptors (Lipinski definition) is 5. The van der Waals surface area contributed by atoms with E-state index < -0.39 is 0 Å². The van der Waals surface area contributed by atoms with E-state index in [0.29, 0.717) is 6.79 Å². The van der Waals surface area contributed by atoms with Crippen molar-refractivity contribution in [3.8, 4) is 11.5 Å². The van der Waals surface area contributed by atoms with Crippen LogP contribution in [0, 0.1) is 6.92 Å². The lowest BCUT2D eigenvalue weighted by atomic mass is 10.1. The zero-order valence-electron chi connectivity index (χ0n) is 15.1. The molecule has 0 saturated carbocycles. The van der Waals surface area contributed by atoms with Crippen molar-refractivity contribution in [2.75, 3.05) is 26.4 Å². The smallest absolute Gasteiger partial charge is 0.231 e. The Kier molecular flexibility index (Phi) is 8.43. The predicted molar refractivity (Wildman–Crippen MR) is 116 cm³/mol. The summed E-state index contributed by atoms with van der Waals surface area (Å²) in [7, 11) is 0. The van der Waals surface area contributed by atoms with E-state index >= 15 is 0 Å². The minimum absolute atomic E-state index is 0. The Bertz CT molecular complexity index is 736. The molecule has 2 aromatic rings. The number of aliphatic imine (C=N–C) groups is 1. The van der Waals surface area contributed by atoms with E-state index in [0.717, 1.165) is 54.9 Å². The van der Waals surface area contributed by atoms with Crippen molar-refractivity contribution in [2.45, 2.75) is 26.7 Å². The summed E-state index contributed by atoms with van der Waals surface area (Å²) in [4.78, 5) is 10.2. The van der Waals surface area contributed by atoms with Crippen molar-refractivity contribution in [2.24, 2.45) is 4.99 Å². The van der Waals surface area contributed by atoms with E-state index in [4.69, 9.17) is 9.47 Å². The lowest BCUT2D eigenvalue weighted by molar-refractivity contribution is 0.174. The van der Waals surface area contributed by atoms with E-state index in [-0.39, 0.29) is 24.0 Å². The van der Waals surface area contributed by atoms with Crippen molar-refractivity contribution >= 4 is 41.3 Å². The average Bonchev–Trinajstić information content (AvgIpc) is 3.23. The Balaban J connectivity index is 0.00000243. The van der Waals surface area contributed by atoms with Gasteiger partial charge in [-0.1, -0.05) is 6.07 Å². The third kappa shape index (κ3) is 6.01. The third-order valence-electron chi connectivity index (χ3n) is 3.75. The second kappa shape index (κ2) is 10.6. The summed E-state index contributed by atoms with van der Waals surface area (Å²) in [6.45, 7) is 6.83. The summed E-state index contributed by atoms with van der Waals surface area (Å²) in [5.41, 5.74) is 1.21. The molecule has 0 aliphatic carbocycles. The number of benzene rings is 1. The first kappa shape index (κ1) is 20.8. The molecule has 1 aromatic carbocycles. The number of fused-ring (bicyclic) bond motifs is 1. The fraction of sp³-hybridized carbons (Fsp3) is 0.444. The molecule has 0 bridgehead atoms. The fourth-order valence-electron chi connectivity index (χ4n) is 2.54. The van der Waals surface area contributed by atoms with E-state index in [1.165, 1.54) is 10.4 Å². The van der Waals surface area contributed by atoms with Crippen LogP contribution in [-0.4, -0.2) is 37.4 Å².